The Morgan fingerprint density at radius 3 is 2.56 bits per heavy atom. The van der Waals surface area contributed by atoms with Crippen LogP contribution in [0.5, 0.6) is 11.5 Å². The zero-order valence-electron chi connectivity index (χ0n) is 19.9. The molecule has 9 heteroatoms. The quantitative estimate of drug-likeness (QED) is 0.582. The van der Waals surface area contributed by atoms with Crippen LogP contribution in [-0.4, -0.2) is 68.5 Å². The van der Waals surface area contributed by atoms with Crippen molar-refractivity contribution in [2.45, 2.75) is 31.7 Å². The van der Waals surface area contributed by atoms with Crippen LogP contribution in [0.4, 0.5) is 0 Å². The normalized spacial score (nSPS) is 22.2. The number of ether oxygens (including phenoxy) is 3. The Balaban J connectivity index is 1.79. The number of nitrogens with zero attached hydrogens (tertiary/aromatic N) is 2. The fraction of sp³-hybridized carbons (Fsp3) is 0.480. The Morgan fingerprint density at radius 2 is 1.91 bits per heavy atom. The summed E-state index contributed by atoms with van der Waals surface area (Å²) < 4.78 is 16.1. The molecule has 34 heavy (non-hydrogen) atoms. The summed E-state index contributed by atoms with van der Waals surface area (Å²) in [5.41, 5.74) is 1.03. The van der Waals surface area contributed by atoms with Gasteiger partial charge in [-0.05, 0) is 48.9 Å². The number of esters is 1. The highest BCUT2D eigenvalue weighted by molar-refractivity contribution is 7.10. The van der Waals surface area contributed by atoms with Crippen molar-refractivity contribution in [3.63, 3.8) is 0 Å². The maximum atomic E-state index is 14.1. The number of amides is 2. The fourth-order valence-corrected chi connectivity index (χ4v) is 5.86. The number of hydrogen-bond donors (Lipinski definition) is 0. The first-order valence-electron chi connectivity index (χ1n) is 11.4. The third-order valence-electron chi connectivity index (χ3n) is 6.63. The SMILES string of the molecule is CCOC(=O)[C@@H]1CCCN(C(=O)[C@@H]2c3cc(OC)c(OC)cc3C(=O)N(C)[C@@H]2c2cccs2)C1. The van der Waals surface area contributed by atoms with E-state index in [9.17, 15) is 14.4 Å². The van der Waals surface area contributed by atoms with E-state index in [-0.39, 0.29) is 23.7 Å². The van der Waals surface area contributed by atoms with Gasteiger partial charge in [0.2, 0.25) is 5.91 Å². The van der Waals surface area contributed by atoms with Crippen LogP contribution in [0.2, 0.25) is 0 Å². The lowest BCUT2D eigenvalue weighted by Gasteiger charge is -2.42. The summed E-state index contributed by atoms with van der Waals surface area (Å²) in [6, 6.07) is 6.79. The van der Waals surface area contributed by atoms with Gasteiger partial charge in [-0.25, -0.2) is 0 Å². The average Bonchev–Trinajstić information content (AvgIpc) is 3.39. The van der Waals surface area contributed by atoms with Gasteiger partial charge in [0, 0.05) is 30.6 Å². The van der Waals surface area contributed by atoms with Crippen LogP contribution in [0.25, 0.3) is 0 Å². The van der Waals surface area contributed by atoms with Crippen molar-refractivity contribution in [1.82, 2.24) is 9.80 Å². The maximum Gasteiger partial charge on any atom is 0.310 e. The molecule has 0 N–H and O–H groups in total. The summed E-state index contributed by atoms with van der Waals surface area (Å²) >= 11 is 1.51. The zero-order valence-corrected chi connectivity index (χ0v) is 20.7. The molecule has 2 aliphatic rings. The highest BCUT2D eigenvalue weighted by Crippen LogP contribution is 2.47. The van der Waals surface area contributed by atoms with E-state index in [1.165, 1.54) is 25.6 Å². The number of benzene rings is 1. The molecule has 2 aromatic rings. The van der Waals surface area contributed by atoms with Gasteiger partial charge in [0.25, 0.3) is 5.91 Å². The Labute approximate surface area is 203 Å². The number of carbonyl (C=O) groups excluding carboxylic acids is 3. The van der Waals surface area contributed by atoms with Crippen molar-refractivity contribution in [1.29, 1.82) is 0 Å². The van der Waals surface area contributed by atoms with Crippen LogP contribution in [0, 0.1) is 5.92 Å². The molecule has 1 fully saturated rings. The third kappa shape index (κ3) is 4.24. The summed E-state index contributed by atoms with van der Waals surface area (Å²) in [5.74, 6) is -0.643. The molecule has 0 spiro atoms. The number of rotatable bonds is 6. The summed E-state index contributed by atoms with van der Waals surface area (Å²) in [6.45, 7) is 2.96. The van der Waals surface area contributed by atoms with E-state index in [1.807, 2.05) is 17.5 Å². The van der Waals surface area contributed by atoms with E-state index in [0.717, 1.165) is 11.3 Å². The first-order valence-corrected chi connectivity index (χ1v) is 12.3. The Bertz CT molecular complexity index is 1070. The molecule has 2 amide bonds. The molecule has 0 unspecified atom stereocenters. The lowest BCUT2D eigenvalue weighted by atomic mass is 9.80. The van der Waals surface area contributed by atoms with E-state index >= 15 is 0 Å². The van der Waals surface area contributed by atoms with Gasteiger partial charge in [-0.1, -0.05) is 6.07 Å². The number of methoxy groups -OCH3 is 2. The first kappa shape index (κ1) is 24.1. The second-order valence-electron chi connectivity index (χ2n) is 8.52. The topological polar surface area (TPSA) is 85.4 Å². The summed E-state index contributed by atoms with van der Waals surface area (Å²) in [6.07, 6.45) is 1.42. The molecule has 0 saturated carbocycles. The lowest BCUT2D eigenvalue weighted by Crippen LogP contribution is -2.50. The number of thiophene rings is 1. The molecule has 1 saturated heterocycles. The Kier molecular flexibility index (Phi) is 7.11. The maximum absolute atomic E-state index is 14.1. The van der Waals surface area contributed by atoms with Crippen molar-refractivity contribution >= 4 is 29.1 Å². The van der Waals surface area contributed by atoms with Crippen LogP contribution in [0.1, 0.15) is 52.5 Å². The van der Waals surface area contributed by atoms with Crippen LogP contribution in [0.15, 0.2) is 29.6 Å². The number of likely N-dealkylation sites (N-methyl/N-ethyl adjacent to an activating group) is 1. The van der Waals surface area contributed by atoms with Gasteiger partial charge in [0.1, 0.15) is 0 Å². The predicted molar refractivity (Wildman–Crippen MR) is 127 cm³/mol. The van der Waals surface area contributed by atoms with Gasteiger partial charge in [0.05, 0.1) is 38.7 Å². The number of carbonyl (C=O) groups is 3. The largest absolute Gasteiger partial charge is 0.493 e. The second-order valence-corrected chi connectivity index (χ2v) is 9.50. The van der Waals surface area contributed by atoms with Crippen molar-refractivity contribution in [3.8, 4) is 11.5 Å². The minimum atomic E-state index is -0.642. The van der Waals surface area contributed by atoms with E-state index in [0.29, 0.717) is 48.7 Å². The number of fused-ring (bicyclic) bond motifs is 1. The molecule has 0 aliphatic carbocycles. The zero-order chi connectivity index (χ0) is 24.4. The monoisotopic (exact) mass is 486 g/mol. The highest BCUT2D eigenvalue weighted by Gasteiger charge is 2.46. The summed E-state index contributed by atoms with van der Waals surface area (Å²) in [5, 5.41) is 1.94. The van der Waals surface area contributed by atoms with Gasteiger partial charge < -0.3 is 24.0 Å². The van der Waals surface area contributed by atoms with Crippen molar-refractivity contribution in [2.75, 3.05) is 41.0 Å². The smallest absolute Gasteiger partial charge is 0.310 e. The molecular weight excluding hydrogens is 456 g/mol. The molecule has 0 bridgehead atoms. The van der Waals surface area contributed by atoms with E-state index < -0.39 is 12.0 Å². The molecule has 4 rings (SSSR count). The Morgan fingerprint density at radius 1 is 1.18 bits per heavy atom. The minimum Gasteiger partial charge on any atom is -0.493 e. The first-order chi connectivity index (χ1) is 16.4. The molecule has 1 aromatic carbocycles. The van der Waals surface area contributed by atoms with Crippen LogP contribution >= 0.6 is 11.3 Å². The van der Waals surface area contributed by atoms with Crippen LogP contribution < -0.4 is 9.47 Å². The molecule has 2 aliphatic heterocycles. The van der Waals surface area contributed by atoms with E-state index in [4.69, 9.17) is 14.2 Å². The van der Waals surface area contributed by atoms with E-state index in [1.54, 1.807) is 35.9 Å². The van der Waals surface area contributed by atoms with Crippen molar-refractivity contribution < 1.29 is 28.6 Å². The molecule has 8 nitrogen and oxygen atoms in total. The highest BCUT2D eigenvalue weighted by atomic mass is 32.1. The van der Waals surface area contributed by atoms with Crippen LogP contribution in [0.3, 0.4) is 0 Å². The fourth-order valence-electron chi connectivity index (χ4n) is 4.96. The molecule has 3 atom stereocenters. The Hall–Kier alpha value is -3.07. The summed E-state index contributed by atoms with van der Waals surface area (Å²) in [4.78, 5) is 44.2. The standard InChI is InChI=1S/C25H30N2O6S/c1-5-33-25(30)15-8-6-10-27(14-15)24(29)21-16-12-18(31-3)19(32-4)13-17(16)23(28)26(2)22(21)20-9-7-11-34-20/h7,9,11-13,15,21-22H,5-6,8,10,14H2,1-4H3/t15-,21-,22-/m1/s1. The van der Waals surface area contributed by atoms with Crippen molar-refractivity contribution in [2.24, 2.45) is 5.92 Å². The van der Waals surface area contributed by atoms with Gasteiger partial charge in [-0.15, -0.1) is 11.3 Å². The molecule has 3 heterocycles. The minimum absolute atomic E-state index is 0.111. The predicted octanol–water partition coefficient (Wildman–Crippen LogP) is 3.48. The molecular formula is C25H30N2O6S. The second kappa shape index (κ2) is 10.0. The molecule has 1 aromatic heterocycles. The van der Waals surface area contributed by atoms with Crippen molar-refractivity contribution in [3.05, 3.63) is 45.6 Å². The average molecular weight is 487 g/mol. The lowest BCUT2D eigenvalue weighted by molar-refractivity contribution is -0.151. The van der Waals surface area contributed by atoms with Crippen LogP contribution in [-0.2, 0) is 14.3 Å². The van der Waals surface area contributed by atoms with Gasteiger partial charge in [0.15, 0.2) is 11.5 Å². The third-order valence-corrected chi connectivity index (χ3v) is 7.57. The van der Waals surface area contributed by atoms with Gasteiger partial charge >= 0.3 is 5.97 Å². The molecule has 182 valence electrons. The molecule has 0 radical (unpaired) electrons. The summed E-state index contributed by atoms with van der Waals surface area (Å²) in [7, 11) is 4.77. The number of piperidine rings is 1. The number of hydrogen-bond acceptors (Lipinski definition) is 7. The number of likely N-dealkylation sites (tertiary alicyclic amines) is 1. The van der Waals surface area contributed by atoms with E-state index in [2.05, 4.69) is 0 Å². The van der Waals surface area contributed by atoms with Gasteiger partial charge in [-0.3, -0.25) is 14.4 Å². The van der Waals surface area contributed by atoms with Gasteiger partial charge in [-0.2, -0.15) is 0 Å².